The van der Waals surface area contributed by atoms with Crippen LogP contribution in [0.1, 0.15) is 130 Å². The summed E-state index contributed by atoms with van der Waals surface area (Å²) in [5.41, 5.74) is 4.20. The average Bonchev–Trinajstić information content (AvgIpc) is 2.93. The van der Waals surface area contributed by atoms with E-state index >= 15 is 0 Å². The maximum absolute atomic E-state index is 13.7. The maximum atomic E-state index is 13.7. The minimum atomic E-state index is -4.67. The number of halogens is 3. The third kappa shape index (κ3) is 6.03. The fraction of sp³-hybridized carbons (Fsp3) is 0.600. The fourth-order valence-electron chi connectivity index (χ4n) is 6.83. The first kappa shape index (κ1) is 32.9. The molecule has 2 heterocycles. The molecule has 1 aliphatic heterocycles. The van der Waals surface area contributed by atoms with E-state index in [1.807, 2.05) is 13.8 Å². The molecule has 5 rings (SSSR count). The van der Waals surface area contributed by atoms with E-state index in [9.17, 15) is 23.5 Å². The molecular formula is C35H45F3N2O3Si. The van der Waals surface area contributed by atoms with Gasteiger partial charge >= 0.3 is 6.18 Å². The molecule has 0 radical (unpaired) electrons. The highest BCUT2D eigenvalue weighted by Gasteiger charge is 2.49. The summed E-state index contributed by atoms with van der Waals surface area (Å²) in [5.74, 6) is -0.0620. The molecule has 44 heavy (non-hydrogen) atoms. The van der Waals surface area contributed by atoms with E-state index in [0.29, 0.717) is 25.2 Å². The Hall–Kier alpha value is -2.51. The van der Waals surface area contributed by atoms with Crippen LogP contribution < -0.4 is 0 Å². The molecule has 9 heteroatoms. The van der Waals surface area contributed by atoms with Crippen LogP contribution in [0.3, 0.4) is 0 Å². The Morgan fingerprint density at radius 3 is 2.41 bits per heavy atom. The van der Waals surface area contributed by atoms with Gasteiger partial charge in [0.2, 0.25) is 0 Å². The summed E-state index contributed by atoms with van der Waals surface area (Å²) in [6.45, 7) is 16.3. The van der Waals surface area contributed by atoms with E-state index in [1.165, 1.54) is 18.6 Å². The number of fused-ring (bicyclic) bond motifs is 1. The van der Waals surface area contributed by atoms with Crippen LogP contribution in [-0.2, 0) is 21.8 Å². The first-order valence-corrected chi connectivity index (χ1v) is 18.7. The number of ether oxygens (including phenoxy) is 1. The van der Waals surface area contributed by atoms with Crippen molar-refractivity contribution in [2.24, 2.45) is 5.41 Å². The Balaban J connectivity index is 1.78. The molecule has 1 aromatic heterocycles. The quantitative estimate of drug-likeness (QED) is 0.324. The lowest BCUT2D eigenvalue weighted by molar-refractivity contribution is -0.137. The average molecular weight is 627 g/mol. The molecule has 2 aliphatic carbocycles. The Morgan fingerprint density at radius 1 is 1.18 bits per heavy atom. The van der Waals surface area contributed by atoms with Crippen LogP contribution in [-0.4, -0.2) is 31.6 Å². The smallest absolute Gasteiger partial charge is 0.410 e. The summed E-state index contributed by atoms with van der Waals surface area (Å²) >= 11 is 0. The van der Waals surface area contributed by atoms with Crippen molar-refractivity contribution in [3.8, 4) is 6.07 Å². The number of hydrogen-bond donors (Lipinski definition) is 1. The molecule has 1 saturated carbocycles. The predicted octanol–water partition coefficient (Wildman–Crippen LogP) is 9.16. The van der Waals surface area contributed by atoms with Crippen molar-refractivity contribution >= 4 is 13.9 Å². The van der Waals surface area contributed by atoms with Crippen molar-refractivity contribution in [1.82, 2.24) is 4.98 Å². The highest BCUT2D eigenvalue weighted by atomic mass is 28.4. The van der Waals surface area contributed by atoms with Gasteiger partial charge in [0, 0.05) is 22.5 Å². The molecule has 1 spiro atoms. The molecule has 238 valence electrons. The monoisotopic (exact) mass is 626 g/mol. The van der Waals surface area contributed by atoms with Gasteiger partial charge in [0.25, 0.3) is 0 Å². The number of alkyl halides is 3. The SMILES string of the molecule is CC(C)c1nc2c(c(C3=CCOCC3)c1C(O)c1ccc(C(F)(F)F)c(C#N)c1)[C@H](O[Si](C)(C)C(C)(C)C)CC1(CCC1)C2. The van der Waals surface area contributed by atoms with Crippen LogP contribution in [0.5, 0.6) is 0 Å². The van der Waals surface area contributed by atoms with Crippen molar-refractivity contribution in [1.29, 1.82) is 5.26 Å². The second kappa shape index (κ2) is 11.7. The van der Waals surface area contributed by atoms with Crippen LogP contribution in [0.4, 0.5) is 13.2 Å². The molecule has 1 N–H and O–H groups in total. The fourth-order valence-corrected chi connectivity index (χ4v) is 8.10. The number of aliphatic hydroxyl groups excluding tert-OH is 1. The molecule has 2 aromatic rings. The number of benzene rings is 1. The van der Waals surface area contributed by atoms with Gasteiger partial charge in [-0.05, 0) is 90.4 Å². The van der Waals surface area contributed by atoms with Crippen molar-refractivity contribution < 1.29 is 27.4 Å². The zero-order valence-corrected chi connectivity index (χ0v) is 28.0. The molecule has 1 aromatic carbocycles. The highest BCUT2D eigenvalue weighted by Crippen LogP contribution is 2.57. The number of aliphatic hydroxyl groups is 1. The molecule has 0 saturated heterocycles. The molecule has 0 amide bonds. The molecule has 5 nitrogen and oxygen atoms in total. The topological polar surface area (TPSA) is 75.4 Å². The Morgan fingerprint density at radius 2 is 1.89 bits per heavy atom. The molecule has 2 atom stereocenters. The van der Waals surface area contributed by atoms with Crippen LogP contribution >= 0.6 is 0 Å². The van der Waals surface area contributed by atoms with E-state index in [4.69, 9.17) is 14.1 Å². The summed E-state index contributed by atoms with van der Waals surface area (Å²) in [6.07, 6.45) is 1.75. The lowest BCUT2D eigenvalue weighted by Crippen LogP contribution is -2.46. The van der Waals surface area contributed by atoms with Gasteiger partial charge in [-0.15, -0.1) is 0 Å². The third-order valence-electron chi connectivity index (χ3n) is 10.4. The van der Waals surface area contributed by atoms with Crippen LogP contribution in [0.15, 0.2) is 24.3 Å². The van der Waals surface area contributed by atoms with Gasteiger partial charge in [-0.1, -0.05) is 53.2 Å². The van der Waals surface area contributed by atoms with Gasteiger partial charge in [0.1, 0.15) is 6.10 Å². The summed E-state index contributed by atoms with van der Waals surface area (Å²) < 4.78 is 53.9. The van der Waals surface area contributed by atoms with E-state index in [2.05, 4.69) is 39.9 Å². The van der Waals surface area contributed by atoms with Gasteiger partial charge in [-0.2, -0.15) is 18.4 Å². The number of pyridine rings is 1. The number of aromatic nitrogens is 1. The lowest BCUT2D eigenvalue weighted by Gasteiger charge is -2.51. The standard InChI is InChI=1S/C35H45F3N2O3Si/c1-21(2)31-30(32(41)23-9-10-25(35(36,37)38)24(17-23)20-39)28(22-11-15-42-16-12-22)29-26(40-31)18-34(13-8-14-34)19-27(29)43-44(6,7)33(3,4)5/h9-11,17,21,27,32,41H,8,12-16,18-19H2,1-7H3/t27-,32?/m1/s1. The molecular weight excluding hydrogens is 581 g/mol. The van der Waals surface area contributed by atoms with Crippen molar-refractivity contribution in [2.75, 3.05) is 13.2 Å². The molecule has 1 unspecified atom stereocenters. The lowest BCUT2D eigenvalue weighted by atomic mass is 9.59. The zero-order chi connectivity index (χ0) is 32.2. The van der Waals surface area contributed by atoms with E-state index in [0.717, 1.165) is 59.8 Å². The highest BCUT2D eigenvalue weighted by molar-refractivity contribution is 6.74. The molecule has 1 fully saturated rings. The number of hydrogen-bond acceptors (Lipinski definition) is 5. The number of nitriles is 1. The van der Waals surface area contributed by atoms with Crippen molar-refractivity contribution in [3.05, 3.63) is 69.0 Å². The van der Waals surface area contributed by atoms with Gasteiger partial charge in [-0.3, -0.25) is 4.98 Å². The normalized spacial score (nSPS) is 21.0. The first-order valence-electron chi connectivity index (χ1n) is 15.8. The predicted molar refractivity (Wildman–Crippen MR) is 168 cm³/mol. The Kier molecular flexibility index (Phi) is 8.73. The van der Waals surface area contributed by atoms with Crippen LogP contribution in [0.2, 0.25) is 18.1 Å². The molecule has 3 aliphatic rings. The first-order chi connectivity index (χ1) is 20.5. The third-order valence-corrected chi connectivity index (χ3v) is 14.9. The summed E-state index contributed by atoms with van der Waals surface area (Å²) in [4.78, 5) is 5.31. The van der Waals surface area contributed by atoms with Crippen LogP contribution in [0.25, 0.3) is 5.57 Å². The maximum Gasteiger partial charge on any atom is 0.417 e. The Labute approximate surface area is 260 Å². The van der Waals surface area contributed by atoms with Gasteiger partial charge in [0.15, 0.2) is 8.32 Å². The van der Waals surface area contributed by atoms with Gasteiger partial charge in [0.05, 0.1) is 36.5 Å². The van der Waals surface area contributed by atoms with E-state index in [1.54, 1.807) is 6.07 Å². The van der Waals surface area contributed by atoms with E-state index in [-0.39, 0.29) is 28.0 Å². The summed E-state index contributed by atoms with van der Waals surface area (Å²) in [6, 6.07) is 5.05. The van der Waals surface area contributed by atoms with Crippen molar-refractivity contribution in [3.63, 3.8) is 0 Å². The summed E-state index contributed by atoms with van der Waals surface area (Å²) in [7, 11) is -2.24. The van der Waals surface area contributed by atoms with Crippen LogP contribution in [0, 0.1) is 16.7 Å². The largest absolute Gasteiger partial charge is 0.417 e. The van der Waals surface area contributed by atoms with Crippen molar-refractivity contribution in [2.45, 2.75) is 116 Å². The van der Waals surface area contributed by atoms with Gasteiger partial charge < -0.3 is 14.3 Å². The van der Waals surface area contributed by atoms with E-state index < -0.39 is 31.7 Å². The minimum absolute atomic E-state index is 0.0168. The van der Waals surface area contributed by atoms with Gasteiger partial charge in [-0.25, -0.2) is 0 Å². The zero-order valence-electron chi connectivity index (χ0n) is 27.0. The summed E-state index contributed by atoms with van der Waals surface area (Å²) in [5, 5.41) is 21.7. The number of nitrogens with zero attached hydrogens (tertiary/aromatic N) is 2. The second-order valence-corrected chi connectivity index (χ2v) is 19.5. The second-order valence-electron chi connectivity index (χ2n) is 14.8. The Bertz CT molecular complexity index is 1500. The molecule has 0 bridgehead atoms. The minimum Gasteiger partial charge on any atom is -0.410 e. The number of rotatable bonds is 6.